The Kier molecular flexibility index (Phi) is 8.28. The Hall–Kier alpha value is -2.42. The summed E-state index contributed by atoms with van der Waals surface area (Å²) in [6.07, 6.45) is 0.228. The molecule has 3 rings (SSSR count). The molecule has 0 aliphatic carbocycles. The van der Waals surface area contributed by atoms with E-state index in [9.17, 15) is 4.79 Å². The van der Waals surface area contributed by atoms with Gasteiger partial charge in [0, 0.05) is 12.2 Å². The molecule has 0 aliphatic rings. The zero-order chi connectivity index (χ0) is 23.3. The second-order valence-electron chi connectivity index (χ2n) is 7.50. The number of aryl methyl sites for hydroxylation is 1. The zero-order valence-corrected chi connectivity index (χ0v) is 20.4. The largest absolute Gasteiger partial charge is 0.485 e. The summed E-state index contributed by atoms with van der Waals surface area (Å²) in [4.78, 5) is 12.2. The average molecular weight is 494 g/mol. The Bertz CT molecular complexity index is 1080. The Morgan fingerprint density at radius 3 is 2.62 bits per heavy atom. The predicted molar refractivity (Wildman–Crippen MR) is 130 cm³/mol. The van der Waals surface area contributed by atoms with Gasteiger partial charge in [0.25, 0.3) is 0 Å². The third kappa shape index (κ3) is 6.09. The highest BCUT2D eigenvalue weighted by molar-refractivity contribution is 7.99. The molecule has 0 bridgehead atoms. The van der Waals surface area contributed by atoms with Crippen molar-refractivity contribution in [3.8, 4) is 5.75 Å². The fourth-order valence-corrected chi connectivity index (χ4v) is 4.25. The Morgan fingerprint density at radius 1 is 1.22 bits per heavy atom. The lowest BCUT2D eigenvalue weighted by molar-refractivity contribution is -0.115. The monoisotopic (exact) mass is 493 g/mol. The lowest BCUT2D eigenvalue weighted by atomic mass is 10.0. The molecule has 2 aromatic carbocycles. The number of nitrogens with one attached hydrogen (secondary N) is 1. The number of ether oxygens (including phenoxy) is 1. The molecule has 3 aromatic rings. The average Bonchev–Trinajstić information content (AvgIpc) is 3.08. The van der Waals surface area contributed by atoms with Crippen LogP contribution in [0.25, 0.3) is 0 Å². The van der Waals surface area contributed by atoms with Crippen molar-refractivity contribution < 1.29 is 9.53 Å². The predicted octanol–water partition coefficient (Wildman–Crippen LogP) is 5.43. The van der Waals surface area contributed by atoms with E-state index in [2.05, 4.69) is 41.5 Å². The van der Waals surface area contributed by atoms with E-state index in [0.717, 1.165) is 16.9 Å². The van der Waals surface area contributed by atoms with Gasteiger partial charge in [-0.2, -0.15) is 0 Å². The van der Waals surface area contributed by atoms with E-state index in [1.54, 1.807) is 18.2 Å². The summed E-state index contributed by atoms with van der Waals surface area (Å²) >= 11 is 13.5. The maximum absolute atomic E-state index is 12.2. The lowest BCUT2D eigenvalue weighted by Gasteiger charge is -2.14. The fourth-order valence-electron chi connectivity index (χ4n) is 2.94. The maximum Gasteiger partial charge on any atom is 0.225 e. The summed E-state index contributed by atoms with van der Waals surface area (Å²) in [5.41, 5.74) is 2.65. The number of hydrogen-bond donors (Lipinski definition) is 2. The molecule has 1 amide bonds. The highest BCUT2D eigenvalue weighted by Crippen LogP contribution is 2.30. The van der Waals surface area contributed by atoms with E-state index >= 15 is 0 Å². The van der Waals surface area contributed by atoms with Gasteiger partial charge in [0.15, 0.2) is 5.82 Å². The summed E-state index contributed by atoms with van der Waals surface area (Å²) in [6, 6.07) is 11.2. The van der Waals surface area contributed by atoms with Gasteiger partial charge in [-0.1, -0.05) is 67.0 Å². The Morgan fingerprint density at radius 2 is 1.94 bits per heavy atom. The topological polar surface area (TPSA) is 95.1 Å². The number of amides is 1. The smallest absolute Gasteiger partial charge is 0.225 e. The minimum absolute atomic E-state index is 0.193. The second kappa shape index (κ2) is 10.9. The van der Waals surface area contributed by atoms with Crippen molar-refractivity contribution in [2.24, 2.45) is 0 Å². The molecule has 0 spiro atoms. The summed E-state index contributed by atoms with van der Waals surface area (Å²) < 4.78 is 7.38. The van der Waals surface area contributed by atoms with E-state index in [1.165, 1.54) is 16.4 Å². The number of nitrogens with zero attached hydrogens (tertiary/aromatic N) is 3. The van der Waals surface area contributed by atoms with E-state index in [1.807, 2.05) is 13.0 Å². The molecule has 0 saturated heterocycles. The molecular weight excluding hydrogens is 469 g/mol. The van der Waals surface area contributed by atoms with Crippen LogP contribution in [0.1, 0.15) is 43.1 Å². The van der Waals surface area contributed by atoms with Crippen LogP contribution < -0.4 is 15.9 Å². The fraction of sp³-hybridized carbons (Fsp3) is 0.318. The van der Waals surface area contributed by atoms with Crippen LogP contribution in [0.3, 0.4) is 0 Å². The van der Waals surface area contributed by atoms with Gasteiger partial charge >= 0.3 is 0 Å². The van der Waals surface area contributed by atoms with Crippen LogP contribution in [0, 0.1) is 6.92 Å². The summed E-state index contributed by atoms with van der Waals surface area (Å²) in [6.45, 7) is 6.45. The van der Waals surface area contributed by atoms with Gasteiger partial charge in [0.05, 0.1) is 15.7 Å². The van der Waals surface area contributed by atoms with Crippen molar-refractivity contribution >= 4 is 46.6 Å². The molecule has 1 heterocycles. The highest BCUT2D eigenvalue weighted by Gasteiger charge is 2.15. The summed E-state index contributed by atoms with van der Waals surface area (Å²) in [5, 5.41) is 12.2. The van der Waals surface area contributed by atoms with E-state index in [4.69, 9.17) is 33.8 Å². The molecule has 0 fully saturated rings. The minimum atomic E-state index is -0.209. The quantitative estimate of drug-likeness (QED) is 0.304. The molecule has 0 radical (unpaired) electrons. The number of para-hydroxylation sites is 1. The molecule has 10 heteroatoms. The van der Waals surface area contributed by atoms with Gasteiger partial charge in [0.2, 0.25) is 11.1 Å². The van der Waals surface area contributed by atoms with Gasteiger partial charge in [-0.05, 0) is 42.2 Å². The minimum Gasteiger partial charge on any atom is -0.485 e. The van der Waals surface area contributed by atoms with Crippen LogP contribution in [0.15, 0.2) is 41.6 Å². The molecule has 7 nitrogen and oxygen atoms in total. The van der Waals surface area contributed by atoms with Crippen LogP contribution in [0.4, 0.5) is 5.69 Å². The summed E-state index contributed by atoms with van der Waals surface area (Å²) in [7, 11) is 0. The van der Waals surface area contributed by atoms with Gasteiger partial charge in [0.1, 0.15) is 12.4 Å². The maximum atomic E-state index is 12.2. The van der Waals surface area contributed by atoms with Crippen molar-refractivity contribution in [3.63, 3.8) is 0 Å². The van der Waals surface area contributed by atoms with Crippen molar-refractivity contribution in [3.05, 3.63) is 63.4 Å². The highest BCUT2D eigenvalue weighted by atomic mass is 35.5. The van der Waals surface area contributed by atoms with Crippen LogP contribution in [-0.2, 0) is 11.4 Å². The van der Waals surface area contributed by atoms with Gasteiger partial charge < -0.3 is 15.9 Å². The first-order valence-corrected chi connectivity index (χ1v) is 11.8. The first-order valence-electron chi connectivity index (χ1n) is 10.1. The van der Waals surface area contributed by atoms with E-state index < -0.39 is 0 Å². The number of carbonyl (C=O) groups excluding carboxylic acids is 1. The third-order valence-corrected chi connectivity index (χ3v) is 6.25. The molecule has 0 aliphatic heterocycles. The van der Waals surface area contributed by atoms with Crippen molar-refractivity contribution in [2.75, 3.05) is 16.9 Å². The number of hydrogen-bond acceptors (Lipinski definition) is 6. The lowest BCUT2D eigenvalue weighted by Crippen LogP contribution is -2.17. The van der Waals surface area contributed by atoms with Gasteiger partial charge in [-0.15, -0.1) is 10.2 Å². The normalized spacial score (nSPS) is 11.1. The summed E-state index contributed by atoms with van der Waals surface area (Å²) in [5.74, 6) is 8.02. The van der Waals surface area contributed by atoms with Crippen molar-refractivity contribution in [2.45, 2.75) is 44.9 Å². The SMILES string of the molecule is Cc1ccc(C(C)C)c(OCc2nnc(SCCC(=O)Nc3c(Cl)cccc3Cl)n2N)c1. The first kappa shape index (κ1) is 24.2. The number of thioether (sulfide) groups is 1. The molecule has 170 valence electrons. The first-order chi connectivity index (χ1) is 15.3. The molecule has 0 saturated carbocycles. The van der Waals surface area contributed by atoms with E-state index in [-0.39, 0.29) is 18.9 Å². The molecule has 32 heavy (non-hydrogen) atoms. The van der Waals surface area contributed by atoms with Crippen LogP contribution in [-0.4, -0.2) is 26.5 Å². The number of nitrogens with two attached hydrogens (primary N) is 1. The number of carbonyl (C=O) groups is 1. The molecule has 0 atom stereocenters. The van der Waals surface area contributed by atoms with Crippen LogP contribution in [0.2, 0.25) is 10.0 Å². The van der Waals surface area contributed by atoms with Crippen molar-refractivity contribution in [1.29, 1.82) is 0 Å². The van der Waals surface area contributed by atoms with E-state index in [0.29, 0.717) is 38.4 Å². The molecular formula is C22H25Cl2N5O2S. The van der Waals surface area contributed by atoms with Gasteiger partial charge in [-0.25, -0.2) is 4.68 Å². The van der Waals surface area contributed by atoms with Crippen LogP contribution in [0.5, 0.6) is 5.75 Å². The molecule has 3 N–H and O–H groups in total. The number of rotatable bonds is 9. The Labute approximate surface area is 201 Å². The number of nitrogen functional groups attached to an aromatic ring is 1. The Balaban J connectivity index is 1.54. The van der Waals surface area contributed by atoms with Crippen molar-refractivity contribution in [1.82, 2.24) is 14.9 Å². The van der Waals surface area contributed by atoms with Gasteiger partial charge in [-0.3, -0.25) is 4.79 Å². The zero-order valence-electron chi connectivity index (χ0n) is 18.1. The number of benzene rings is 2. The number of halogens is 2. The third-order valence-electron chi connectivity index (χ3n) is 4.67. The number of anilines is 1. The standard InChI is InChI=1S/C22H25Cl2N5O2S/c1-13(2)15-8-7-14(3)11-18(15)31-12-19-27-28-22(29(19)25)32-10-9-20(30)26-21-16(23)5-4-6-17(21)24/h4-8,11,13H,9-10,12,25H2,1-3H3,(H,26,30). The number of aromatic nitrogens is 3. The molecule has 1 aromatic heterocycles. The van der Waals surface area contributed by atoms with Crippen LogP contribution >= 0.6 is 35.0 Å². The molecule has 0 unspecified atom stereocenters. The second-order valence-corrected chi connectivity index (χ2v) is 9.37.